The Morgan fingerprint density at radius 1 is 1.02 bits per heavy atom. The Hall–Kier alpha value is -4.11. The number of carbonyl (C=O) groups is 1. The van der Waals surface area contributed by atoms with Crippen LogP contribution in [0.5, 0.6) is 5.75 Å². The van der Waals surface area contributed by atoms with Crippen molar-refractivity contribution in [1.29, 1.82) is 0 Å². The van der Waals surface area contributed by atoms with E-state index in [0.29, 0.717) is 35.0 Å². The second kappa shape index (κ2) is 12.4. The Kier molecular flexibility index (Phi) is 8.38. The fourth-order valence-corrected chi connectivity index (χ4v) is 7.71. The van der Waals surface area contributed by atoms with Gasteiger partial charge in [-0.05, 0) is 62.8 Å². The maximum Gasteiger partial charge on any atom is 0.573 e. The predicted molar refractivity (Wildman–Crippen MR) is 162 cm³/mol. The molecule has 0 N–H and O–H groups in total. The minimum Gasteiger partial charge on any atom is -0.465 e. The molecule has 4 aromatic rings. The summed E-state index contributed by atoms with van der Waals surface area (Å²) in [4.78, 5) is 18.9. The third-order valence-electron chi connectivity index (χ3n) is 9.03. The number of halogens is 6. The van der Waals surface area contributed by atoms with Gasteiger partial charge in [0, 0.05) is 40.1 Å². The molecule has 3 aliphatic rings. The number of alkyl halides is 6. The van der Waals surface area contributed by atoms with Crippen LogP contribution in [0.1, 0.15) is 71.7 Å². The number of carbonyl (C=O) groups excluding carboxylic acids is 1. The lowest BCUT2D eigenvalue weighted by Crippen LogP contribution is -2.45. The standard InChI is InChI=1S/C33H29F6N3O5S/c1-44-30(43)22-11-8-18(12-25(22)32(34,35)36)26-16-48-31(40-26)42-19-9-10-20(42)14-21(13-19)45-15-24-28(41-47-29(24)17-6-7-17)23-4-2-3-5-27(23)46-33(37,38)39/h2-5,8,11-12,16-17,19-21H,6-7,9-10,13-15H2,1H3/t19-,20?,21?/m1/s1. The Bertz CT molecular complexity index is 1800. The number of esters is 1. The Balaban J connectivity index is 1.07. The second-order valence-corrected chi connectivity index (χ2v) is 13.0. The minimum atomic E-state index is -4.87. The molecule has 8 nitrogen and oxygen atoms in total. The van der Waals surface area contributed by atoms with Crippen LogP contribution in [0.25, 0.3) is 22.5 Å². The molecule has 2 saturated heterocycles. The Morgan fingerprint density at radius 2 is 1.75 bits per heavy atom. The maximum atomic E-state index is 13.8. The number of methoxy groups -OCH3 is 1. The highest BCUT2D eigenvalue weighted by Gasteiger charge is 2.43. The zero-order chi connectivity index (χ0) is 33.8. The Morgan fingerprint density at radius 3 is 2.42 bits per heavy atom. The smallest absolute Gasteiger partial charge is 0.465 e. The lowest BCUT2D eigenvalue weighted by Gasteiger charge is -2.38. The van der Waals surface area contributed by atoms with E-state index in [1.54, 1.807) is 11.4 Å². The number of fused-ring (bicyclic) bond motifs is 2. The van der Waals surface area contributed by atoms with E-state index in [9.17, 15) is 31.1 Å². The molecule has 2 unspecified atom stereocenters. The molecule has 254 valence electrons. The molecule has 1 aliphatic carbocycles. The molecule has 3 atom stereocenters. The summed E-state index contributed by atoms with van der Waals surface area (Å²) in [6.07, 6.45) is -4.86. The van der Waals surface area contributed by atoms with Gasteiger partial charge < -0.3 is 23.6 Å². The van der Waals surface area contributed by atoms with Crippen LogP contribution < -0.4 is 9.64 Å². The van der Waals surface area contributed by atoms with Gasteiger partial charge in [0.1, 0.15) is 17.2 Å². The lowest BCUT2D eigenvalue weighted by atomic mass is 9.99. The summed E-state index contributed by atoms with van der Waals surface area (Å²) < 4.78 is 102. The van der Waals surface area contributed by atoms with Crippen LogP contribution in [-0.2, 0) is 22.3 Å². The summed E-state index contributed by atoms with van der Waals surface area (Å²) in [5, 5.41) is 6.56. The molecule has 4 heterocycles. The highest BCUT2D eigenvalue weighted by atomic mass is 32.1. The van der Waals surface area contributed by atoms with Crippen molar-refractivity contribution in [2.75, 3.05) is 12.0 Å². The number of piperidine rings is 1. The number of benzene rings is 2. The van der Waals surface area contributed by atoms with Crippen LogP contribution in [0.3, 0.4) is 0 Å². The van der Waals surface area contributed by atoms with Gasteiger partial charge in [-0.15, -0.1) is 24.5 Å². The van der Waals surface area contributed by atoms with Crippen molar-refractivity contribution < 1.29 is 49.9 Å². The average molecular weight is 694 g/mol. The van der Waals surface area contributed by atoms with E-state index in [0.717, 1.165) is 44.9 Å². The summed E-state index contributed by atoms with van der Waals surface area (Å²) in [6, 6.07) is 9.45. The minimum absolute atomic E-state index is 0.0888. The van der Waals surface area contributed by atoms with Gasteiger partial charge in [-0.1, -0.05) is 23.4 Å². The Labute approximate surface area is 274 Å². The van der Waals surface area contributed by atoms with Gasteiger partial charge in [-0.3, -0.25) is 0 Å². The van der Waals surface area contributed by atoms with Crippen LogP contribution >= 0.6 is 11.3 Å². The van der Waals surface area contributed by atoms with E-state index in [1.807, 2.05) is 0 Å². The number of anilines is 1. The second-order valence-electron chi connectivity index (χ2n) is 12.2. The van der Waals surface area contributed by atoms with Gasteiger partial charge in [-0.25, -0.2) is 9.78 Å². The first-order valence-electron chi connectivity index (χ1n) is 15.4. The van der Waals surface area contributed by atoms with E-state index in [-0.39, 0.29) is 53.3 Å². The molecule has 15 heteroatoms. The van der Waals surface area contributed by atoms with Gasteiger partial charge in [0.15, 0.2) is 5.13 Å². The molecule has 2 aromatic heterocycles. The van der Waals surface area contributed by atoms with Gasteiger partial charge in [0.05, 0.1) is 36.6 Å². The van der Waals surface area contributed by atoms with Crippen LogP contribution in [0, 0.1) is 0 Å². The highest BCUT2D eigenvalue weighted by Crippen LogP contribution is 2.47. The molecule has 1 saturated carbocycles. The summed E-state index contributed by atoms with van der Waals surface area (Å²) in [6.45, 7) is 0.111. The molecule has 2 bridgehead atoms. The third kappa shape index (κ3) is 6.49. The number of rotatable bonds is 9. The monoisotopic (exact) mass is 693 g/mol. The largest absolute Gasteiger partial charge is 0.573 e. The van der Waals surface area contributed by atoms with Crippen molar-refractivity contribution in [2.45, 2.75) is 81.8 Å². The van der Waals surface area contributed by atoms with Gasteiger partial charge in [0.25, 0.3) is 0 Å². The van der Waals surface area contributed by atoms with E-state index >= 15 is 0 Å². The van der Waals surface area contributed by atoms with E-state index < -0.39 is 29.6 Å². The van der Waals surface area contributed by atoms with Crippen LogP contribution in [0.2, 0.25) is 0 Å². The van der Waals surface area contributed by atoms with Crippen molar-refractivity contribution in [3.8, 4) is 28.3 Å². The number of para-hydroxylation sites is 1. The zero-order valence-electron chi connectivity index (χ0n) is 25.4. The van der Waals surface area contributed by atoms with Crippen molar-refractivity contribution in [3.05, 3.63) is 70.3 Å². The van der Waals surface area contributed by atoms with E-state index in [1.165, 1.54) is 35.6 Å². The number of nitrogens with zero attached hydrogens (tertiary/aromatic N) is 3. The molecule has 48 heavy (non-hydrogen) atoms. The molecule has 0 spiro atoms. The van der Waals surface area contributed by atoms with Crippen molar-refractivity contribution in [2.24, 2.45) is 0 Å². The summed E-state index contributed by atoms with van der Waals surface area (Å²) in [5.41, 5.74) is 0.00813. The lowest BCUT2D eigenvalue weighted by molar-refractivity contribution is -0.274. The number of aromatic nitrogens is 2. The SMILES string of the molecule is COC(=O)c1ccc(-c2csc(N3C4CC[C@@H]3CC(OCc3c(-c5ccccc5OC(F)(F)F)noc3C3CC3)C4)n2)cc1C(F)(F)F. The first-order chi connectivity index (χ1) is 22.9. The third-order valence-corrected chi connectivity index (χ3v) is 9.88. The molecule has 0 radical (unpaired) electrons. The predicted octanol–water partition coefficient (Wildman–Crippen LogP) is 8.76. The topological polar surface area (TPSA) is 86.9 Å². The normalized spacial score (nSPS) is 21.1. The van der Waals surface area contributed by atoms with Crippen molar-refractivity contribution in [3.63, 3.8) is 0 Å². The van der Waals surface area contributed by atoms with Crippen molar-refractivity contribution >= 4 is 22.4 Å². The summed E-state index contributed by atoms with van der Waals surface area (Å²) >= 11 is 1.34. The van der Waals surface area contributed by atoms with Crippen LogP contribution in [0.15, 0.2) is 52.4 Å². The molecule has 7 rings (SSSR count). The molecule has 0 amide bonds. The molecule has 2 aliphatic heterocycles. The first kappa shape index (κ1) is 32.4. The summed E-state index contributed by atoms with van der Waals surface area (Å²) in [7, 11) is 1.03. The molecular weight excluding hydrogens is 664 g/mol. The number of hydrogen-bond acceptors (Lipinski definition) is 9. The highest BCUT2D eigenvalue weighted by molar-refractivity contribution is 7.14. The van der Waals surface area contributed by atoms with E-state index in [2.05, 4.69) is 19.5 Å². The molecule has 3 fully saturated rings. The molecule has 2 aromatic carbocycles. The fourth-order valence-electron chi connectivity index (χ4n) is 6.73. The van der Waals surface area contributed by atoms with Gasteiger partial charge in [-0.2, -0.15) is 13.2 Å². The average Bonchev–Trinajstić information content (AvgIpc) is 3.50. The summed E-state index contributed by atoms with van der Waals surface area (Å²) in [5.74, 6) is -0.679. The maximum absolute atomic E-state index is 13.8. The van der Waals surface area contributed by atoms with E-state index in [4.69, 9.17) is 14.2 Å². The quantitative estimate of drug-likeness (QED) is 0.127. The van der Waals surface area contributed by atoms with Gasteiger partial charge >= 0.3 is 18.5 Å². The first-order valence-corrected chi connectivity index (χ1v) is 16.3. The number of ether oxygens (including phenoxy) is 3. The fraction of sp³-hybridized carbons (Fsp3) is 0.424. The zero-order valence-corrected chi connectivity index (χ0v) is 26.3. The number of hydrogen-bond donors (Lipinski definition) is 0. The van der Waals surface area contributed by atoms with Crippen molar-refractivity contribution in [1.82, 2.24) is 10.1 Å². The van der Waals surface area contributed by atoms with Crippen LogP contribution in [0.4, 0.5) is 31.5 Å². The molecular formula is C33H29F6N3O5S. The number of thiazole rings is 1. The van der Waals surface area contributed by atoms with Gasteiger partial charge in [0.2, 0.25) is 0 Å². The van der Waals surface area contributed by atoms with Crippen LogP contribution in [-0.4, -0.2) is 47.8 Å².